The molecule has 176 valence electrons. The fraction of sp³-hybridized carbons (Fsp3) is 0.654. The van der Waals surface area contributed by atoms with Gasteiger partial charge in [0.2, 0.25) is 17.7 Å². The molecule has 1 saturated carbocycles. The van der Waals surface area contributed by atoms with Crippen molar-refractivity contribution in [3.05, 3.63) is 35.9 Å². The van der Waals surface area contributed by atoms with Crippen LogP contribution in [0, 0.1) is 11.8 Å². The van der Waals surface area contributed by atoms with Crippen molar-refractivity contribution >= 4 is 17.7 Å². The van der Waals surface area contributed by atoms with Crippen molar-refractivity contribution in [1.29, 1.82) is 0 Å². The van der Waals surface area contributed by atoms with E-state index in [1.54, 1.807) is 0 Å². The fourth-order valence-electron chi connectivity index (χ4n) is 5.16. The molecule has 0 unspecified atom stereocenters. The molecule has 1 aliphatic heterocycles. The van der Waals surface area contributed by atoms with E-state index in [9.17, 15) is 14.4 Å². The third-order valence-electron chi connectivity index (χ3n) is 7.24. The van der Waals surface area contributed by atoms with Crippen LogP contribution in [-0.4, -0.2) is 59.2 Å². The first-order valence-electron chi connectivity index (χ1n) is 12.3. The summed E-state index contributed by atoms with van der Waals surface area (Å²) in [5, 5.41) is 2.87. The lowest BCUT2D eigenvalue weighted by Crippen LogP contribution is -2.65. The molecule has 6 nitrogen and oxygen atoms in total. The minimum absolute atomic E-state index is 0.0182. The summed E-state index contributed by atoms with van der Waals surface area (Å²) >= 11 is 0. The fourth-order valence-corrected chi connectivity index (χ4v) is 5.16. The Labute approximate surface area is 192 Å². The highest BCUT2D eigenvalue weighted by molar-refractivity contribution is 5.93. The van der Waals surface area contributed by atoms with Gasteiger partial charge in [0, 0.05) is 26.6 Å². The zero-order valence-corrected chi connectivity index (χ0v) is 19.9. The summed E-state index contributed by atoms with van der Waals surface area (Å²) in [5.41, 5.74) is 1.22. The molecule has 1 aromatic carbocycles. The van der Waals surface area contributed by atoms with Gasteiger partial charge in [-0.05, 0) is 36.7 Å². The number of carbonyl (C=O) groups is 3. The highest BCUT2D eigenvalue weighted by atomic mass is 16.2. The Bertz CT molecular complexity index is 776. The van der Waals surface area contributed by atoms with E-state index in [1.165, 1.54) is 18.9 Å². The normalized spacial score (nSPS) is 21.8. The van der Waals surface area contributed by atoms with E-state index >= 15 is 0 Å². The third kappa shape index (κ3) is 5.90. The maximum Gasteiger partial charge on any atom is 0.246 e. The van der Waals surface area contributed by atoms with Crippen LogP contribution < -0.4 is 5.32 Å². The largest absolute Gasteiger partial charge is 0.344 e. The van der Waals surface area contributed by atoms with E-state index in [0.29, 0.717) is 19.6 Å². The molecule has 3 atom stereocenters. The number of benzene rings is 1. The van der Waals surface area contributed by atoms with E-state index < -0.39 is 12.1 Å². The van der Waals surface area contributed by atoms with Crippen molar-refractivity contribution in [3.8, 4) is 0 Å². The summed E-state index contributed by atoms with van der Waals surface area (Å²) in [7, 11) is 0. The topological polar surface area (TPSA) is 69.7 Å². The van der Waals surface area contributed by atoms with Gasteiger partial charge in [0.1, 0.15) is 12.1 Å². The van der Waals surface area contributed by atoms with Gasteiger partial charge in [0.25, 0.3) is 0 Å². The maximum atomic E-state index is 13.7. The number of amides is 3. The lowest BCUT2D eigenvalue weighted by molar-refractivity contribution is -0.157. The second-order valence-electron chi connectivity index (χ2n) is 9.50. The minimum atomic E-state index is -0.577. The molecule has 2 fully saturated rings. The zero-order valence-electron chi connectivity index (χ0n) is 19.9. The molecule has 1 N–H and O–H groups in total. The van der Waals surface area contributed by atoms with E-state index in [-0.39, 0.29) is 29.6 Å². The molecule has 3 amide bonds. The van der Waals surface area contributed by atoms with E-state index in [4.69, 9.17) is 0 Å². The Hall–Kier alpha value is -2.37. The standard InChI is InChI=1S/C26H39N3O3/c1-4-19(2)23(27-20(3)30)25(31)29-18-17-28(16-15-21-11-7-5-8-12-21)26(32)24(29)22-13-9-6-10-14-22/h5,7-8,11-12,19,22-24H,4,6,9-10,13-18H2,1-3H3,(H,27,30)/t19-,23+,24+/m0/s1. The number of hydrogen-bond acceptors (Lipinski definition) is 3. The molecule has 1 saturated heterocycles. The number of piperazine rings is 1. The average molecular weight is 442 g/mol. The van der Waals surface area contributed by atoms with Crippen molar-refractivity contribution in [2.45, 2.75) is 77.8 Å². The highest BCUT2D eigenvalue weighted by Gasteiger charge is 2.44. The number of nitrogens with one attached hydrogen (secondary N) is 1. The van der Waals surface area contributed by atoms with Gasteiger partial charge in [-0.1, -0.05) is 69.9 Å². The summed E-state index contributed by atoms with van der Waals surface area (Å²) in [4.78, 5) is 42.9. The summed E-state index contributed by atoms with van der Waals surface area (Å²) in [6.45, 7) is 7.23. The molecule has 6 heteroatoms. The van der Waals surface area contributed by atoms with Gasteiger partial charge in [0.15, 0.2) is 0 Å². The molecular formula is C26H39N3O3. The molecule has 3 rings (SSSR count). The molecule has 0 aromatic heterocycles. The Morgan fingerprint density at radius 1 is 1.09 bits per heavy atom. The number of rotatable bonds is 8. The predicted octanol–water partition coefficient (Wildman–Crippen LogP) is 3.40. The van der Waals surface area contributed by atoms with Crippen LogP contribution in [0.2, 0.25) is 0 Å². The van der Waals surface area contributed by atoms with Crippen LogP contribution in [0.1, 0.15) is 64.9 Å². The van der Waals surface area contributed by atoms with Crippen molar-refractivity contribution in [2.75, 3.05) is 19.6 Å². The van der Waals surface area contributed by atoms with Crippen LogP contribution in [0.5, 0.6) is 0 Å². The molecule has 0 radical (unpaired) electrons. The highest BCUT2D eigenvalue weighted by Crippen LogP contribution is 2.32. The Morgan fingerprint density at radius 2 is 1.78 bits per heavy atom. The van der Waals surface area contributed by atoms with Crippen LogP contribution >= 0.6 is 0 Å². The Balaban J connectivity index is 1.79. The molecule has 32 heavy (non-hydrogen) atoms. The molecule has 0 spiro atoms. The molecule has 1 aromatic rings. The predicted molar refractivity (Wildman–Crippen MR) is 126 cm³/mol. The van der Waals surface area contributed by atoms with Crippen LogP contribution in [0.25, 0.3) is 0 Å². The Kier molecular flexibility index (Phi) is 8.71. The van der Waals surface area contributed by atoms with Crippen LogP contribution in [0.4, 0.5) is 0 Å². The average Bonchev–Trinajstić information content (AvgIpc) is 2.81. The van der Waals surface area contributed by atoms with Gasteiger partial charge in [-0.15, -0.1) is 0 Å². The lowest BCUT2D eigenvalue weighted by atomic mass is 9.81. The quantitative estimate of drug-likeness (QED) is 0.672. The number of carbonyl (C=O) groups excluding carboxylic acids is 3. The maximum absolute atomic E-state index is 13.7. The van der Waals surface area contributed by atoms with Gasteiger partial charge >= 0.3 is 0 Å². The summed E-state index contributed by atoms with van der Waals surface area (Å²) in [6, 6.07) is 9.24. The summed E-state index contributed by atoms with van der Waals surface area (Å²) < 4.78 is 0. The molecule has 1 heterocycles. The van der Waals surface area contributed by atoms with E-state index in [0.717, 1.165) is 38.5 Å². The monoisotopic (exact) mass is 441 g/mol. The van der Waals surface area contributed by atoms with Gasteiger partial charge in [0.05, 0.1) is 0 Å². The second kappa shape index (κ2) is 11.5. The summed E-state index contributed by atoms with van der Waals surface area (Å²) in [6.07, 6.45) is 7.00. The van der Waals surface area contributed by atoms with Crippen LogP contribution in [0.3, 0.4) is 0 Å². The third-order valence-corrected chi connectivity index (χ3v) is 7.24. The first-order chi connectivity index (χ1) is 15.4. The van der Waals surface area contributed by atoms with Crippen molar-refractivity contribution in [3.63, 3.8) is 0 Å². The Morgan fingerprint density at radius 3 is 2.41 bits per heavy atom. The first-order valence-corrected chi connectivity index (χ1v) is 12.3. The number of nitrogens with zero attached hydrogens (tertiary/aromatic N) is 2. The van der Waals surface area contributed by atoms with Gasteiger partial charge in [-0.2, -0.15) is 0 Å². The summed E-state index contributed by atoms with van der Waals surface area (Å²) in [5.74, 6) is 0.00397. The van der Waals surface area contributed by atoms with Crippen molar-refractivity contribution < 1.29 is 14.4 Å². The van der Waals surface area contributed by atoms with Crippen molar-refractivity contribution in [2.24, 2.45) is 11.8 Å². The second-order valence-corrected chi connectivity index (χ2v) is 9.50. The molecule has 2 aliphatic rings. The van der Waals surface area contributed by atoms with E-state index in [1.807, 2.05) is 41.8 Å². The molecule has 0 bridgehead atoms. The van der Waals surface area contributed by atoms with E-state index in [2.05, 4.69) is 17.4 Å². The molecular weight excluding hydrogens is 402 g/mol. The van der Waals surface area contributed by atoms with Crippen LogP contribution in [0.15, 0.2) is 30.3 Å². The minimum Gasteiger partial charge on any atom is -0.344 e. The van der Waals surface area contributed by atoms with Gasteiger partial charge < -0.3 is 15.1 Å². The molecule has 1 aliphatic carbocycles. The van der Waals surface area contributed by atoms with Gasteiger partial charge in [-0.3, -0.25) is 14.4 Å². The zero-order chi connectivity index (χ0) is 23.1. The first kappa shape index (κ1) is 24.3. The lowest BCUT2D eigenvalue weighted by Gasteiger charge is -2.46. The number of hydrogen-bond donors (Lipinski definition) is 1. The van der Waals surface area contributed by atoms with Crippen molar-refractivity contribution in [1.82, 2.24) is 15.1 Å². The van der Waals surface area contributed by atoms with Gasteiger partial charge in [-0.25, -0.2) is 0 Å². The SMILES string of the molecule is CC[C@H](C)[C@@H](NC(C)=O)C(=O)N1CCN(CCc2ccccc2)C(=O)[C@H]1C1CCCCC1. The van der Waals surface area contributed by atoms with Crippen LogP contribution in [-0.2, 0) is 20.8 Å². The smallest absolute Gasteiger partial charge is 0.246 e.